The van der Waals surface area contributed by atoms with E-state index in [1.54, 1.807) is 0 Å². The Bertz CT molecular complexity index is 760. The second-order valence-electron chi connectivity index (χ2n) is 7.92. The van der Waals surface area contributed by atoms with Crippen LogP contribution in [0.5, 0.6) is 5.75 Å². The minimum Gasteiger partial charge on any atom is -0.494 e. The first kappa shape index (κ1) is 22.3. The molecule has 1 aliphatic carbocycles. The molecule has 29 heavy (non-hydrogen) atoms. The number of ether oxygens (including phenoxy) is 2. The Morgan fingerprint density at radius 2 is 1.97 bits per heavy atom. The number of nitrogens with one attached hydrogen (secondary N) is 2. The highest BCUT2D eigenvalue weighted by atomic mass is 32.2. The number of sulfonamides is 1. The van der Waals surface area contributed by atoms with Gasteiger partial charge in [-0.3, -0.25) is 0 Å². The molecular weight excluding hydrogens is 388 g/mol. The normalized spacial score (nSPS) is 28.0. The lowest BCUT2D eigenvalue weighted by atomic mass is 9.82. The highest BCUT2D eigenvalue weighted by Gasteiger charge is 2.30. The second kappa shape index (κ2) is 10.6. The van der Waals surface area contributed by atoms with Crippen molar-refractivity contribution in [2.75, 3.05) is 19.8 Å². The molecule has 0 bridgehead atoms. The van der Waals surface area contributed by atoms with Crippen molar-refractivity contribution >= 4 is 10.0 Å². The van der Waals surface area contributed by atoms with E-state index >= 15 is 0 Å². The Hall–Kier alpha value is -1.41. The van der Waals surface area contributed by atoms with Crippen LogP contribution in [0.2, 0.25) is 0 Å². The Morgan fingerprint density at radius 1 is 1.21 bits per heavy atom. The van der Waals surface area contributed by atoms with Crippen LogP contribution in [0.4, 0.5) is 0 Å². The first-order chi connectivity index (χ1) is 14.0. The molecule has 0 aromatic heterocycles. The summed E-state index contributed by atoms with van der Waals surface area (Å²) in [6, 6.07) is 8.19. The first-order valence-corrected chi connectivity index (χ1v) is 12.3. The molecule has 0 radical (unpaired) electrons. The zero-order chi connectivity index (χ0) is 20.7. The highest BCUT2D eigenvalue weighted by Crippen LogP contribution is 2.38. The van der Waals surface area contributed by atoms with Crippen LogP contribution in [0.1, 0.15) is 56.9 Å². The van der Waals surface area contributed by atoms with Crippen molar-refractivity contribution in [3.8, 4) is 5.75 Å². The van der Waals surface area contributed by atoms with Crippen molar-refractivity contribution in [2.24, 2.45) is 0 Å². The van der Waals surface area contributed by atoms with E-state index in [4.69, 9.17) is 9.47 Å². The van der Waals surface area contributed by atoms with Crippen LogP contribution in [0, 0.1) is 0 Å². The molecule has 0 spiro atoms. The Kier molecular flexibility index (Phi) is 8.12. The average molecular weight is 423 g/mol. The molecule has 2 atom stereocenters. The largest absolute Gasteiger partial charge is 0.494 e. The molecule has 162 valence electrons. The van der Waals surface area contributed by atoms with Gasteiger partial charge in [0, 0.05) is 17.5 Å². The molecule has 1 aliphatic heterocycles. The van der Waals surface area contributed by atoms with Crippen LogP contribution in [0.3, 0.4) is 0 Å². The molecule has 2 N–H and O–H groups in total. The van der Waals surface area contributed by atoms with Gasteiger partial charge in [0.15, 0.2) is 0 Å². The fraction of sp³-hybridized carbons (Fsp3) is 0.636. The number of piperidine rings is 1. The molecule has 1 saturated heterocycles. The Morgan fingerprint density at radius 3 is 2.69 bits per heavy atom. The van der Waals surface area contributed by atoms with E-state index in [1.807, 2.05) is 13.0 Å². The van der Waals surface area contributed by atoms with E-state index in [0.717, 1.165) is 56.2 Å². The van der Waals surface area contributed by atoms with Crippen LogP contribution in [-0.2, 0) is 14.8 Å². The number of para-hydroxylation sites is 1. The summed E-state index contributed by atoms with van der Waals surface area (Å²) in [7, 11) is -3.44. The number of hydrogen-bond acceptors (Lipinski definition) is 5. The standard InChI is InChI=1S/C22H34N2O4S/c1-3-27-22-10-6-5-8-19(22)17-11-13-18(14-12-17)28-16-21-20(9-7-15-23-21)24-29(25,26)4-2/h4-6,8,10,17-18,20-21,23-24H,2-3,7,9,11-16H2,1H3/t17-,18+,20-,21-/m0/s1. The summed E-state index contributed by atoms with van der Waals surface area (Å²) >= 11 is 0. The van der Waals surface area contributed by atoms with Crippen molar-refractivity contribution in [3.05, 3.63) is 41.8 Å². The zero-order valence-electron chi connectivity index (χ0n) is 17.3. The number of hydrogen-bond donors (Lipinski definition) is 2. The maximum Gasteiger partial charge on any atom is 0.233 e. The zero-order valence-corrected chi connectivity index (χ0v) is 18.1. The van der Waals surface area contributed by atoms with Gasteiger partial charge in [-0.2, -0.15) is 0 Å². The van der Waals surface area contributed by atoms with Gasteiger partial charge in [-0.15, -0.1) is 0 Å². The summed E-state index contributed by atoms with van der Waals surface area (Å²) in [5, 5.41) is 4.38. The predicted molar refractivity (Wildman–Crippen MR) is 116 cm³/mol. The van der Waals surface area contributed by atoms with Gasteiger partial charge in [0.2, 0.25) is 10.0 Å². The highest BCUT2D eigenvalue weighted by molar-refractivity contribution is 7.92. The SMILES string of the molecule is C=CS(=O)(=O)N[C@H]1CCCN[C@H]1CO[C@H]1CC[C@@H](c2ccccc2OCC)CC1. The van der Waals surface area contributed by atoms with Crippen LogP contribution in [0.25, 0.3) is 0 Å². The Labute approximate surface area is 175 Å². The van der Waals surface area contributed by atoms with Crippen molar-refractivity contribution < 1.29 is 17.9 Å². The summed E-state index contributed by atoms with van der Waals surface area (Å²) in [5.74, 6) is 1.51. The first-order valence-electron chi connectivity index (χ1n) is 10.7. The van der Waals surface area contributed by atoms with E-state index in [0.29, 0.717) is 19.1 Å². The molecule has 0 amide bonds. The van der Waals surface area contributed by atoms with Gasteiger partial charge in [-0.1, -0.05) is 24.8 Å². The molecular formula is C22H34N2O4S. The molecule has 3 rings (SSSR count). The van der Waals surface area contributed by atoms with Crippen molar-refractivity contribution in [3.63, 3.8) is 0 Å². The summed E-state index contributed by atoms with van der Waals surface area (Å²) in [6.07, 6.45) is 6.19. The summed E-state index contributed by atoms with van der Waals surface area (Å²) in [4.78, 5) is 0. The van der Waals surface area contributed by atoms with Gasteiger partial charge < -0.3 is 14.8 Å². The molecule has 1 aromatic rings. The van der Waals surface area contributed by atoms with E-state index in [9.17, 15) is 8.42 Å². The van der Waals surface area contributed by atoms with E-state index in [-0.39, 0.29) is 18.2 Å². The van der Waals surface area contributed by atoms with E-state index in [1.165, 1.54) is 5.56 Å². The smallest absolute Gasteiger partial charge is 0.233 e. The van der Waals surface area contributed by atoms with Crippen LogP contribution in [-0.4, -0.2) is 46.4 Å². The Balaban J connectivity index is 1.50. The summed E-state index contributed by atoms with van der Waals surface area (Å²) in [6.45, 7) is 7.49. The molecule has 2 aliphatic rings. The lowest BCUT2D eigenvalue weighted by Gasteiger charge is -2.35. The average Bonchev–Trinajstić information content (AvgIpc) is 2.74. The van der Waals surface area contributed by atoms with Crippen LogP contribution < -0.4 is 14.8 Å². The molecule has 1 saturated carbocycles. The molecule has 1 heterocycles. The third kappa shape index (κ3) is 6.28. The fourth-order valence-electron chi connectivity index (χ4n) is 4.41. The maximum atomic E-state index is 11.9. The molecule has 1 aromatic carbocycles. The van der Waals surface area contributed by atoms with Gasteiger partial charge in [-0.25, -0.2) is 13.1 Å². The predicted octanol–water partition coefficient (Wildman–Crippen LogP) is 3.31. The van der Waals surface area contributed by atoms with Gasteiger partial charge >= 0.3 is 0 Å². The van der Waals surface area contributed by atoms with E-state index in [2.05, 4.69) is 34.8 Å². The lowest BCUT2D eigenvalue weighted by molar-refractivity contribution is 0.00512. The minimum absolute atomic E-state index is 0.00474. The quantitative estimate of drug-likeness (QED) is 0.638. The molecule has 0 unspecified atom stereocenters. The maximum absolute atomic E-state index is 11.9. The topological polar surface area (TPSA) is 76.7 Å². The lowest BCUT2D eigenvalue weighted by Crippen LogP contribution is -2.55. The fourth-order valence-corrected chi connectivity index (χ4v) is 5.21. The third-order valence-corrected chi connectivity index (χ3v) is 7.03. The van der Waals surface area contributed by atoms with E-state index < -0.39 is 10.0 Å². The number of rotatable bonds is 9. The van der Waals surface area contributed by atoms with Crippen LogP contribution in [0.15, 0.2) is 36.3 Å². The molecule has 2 fully saturated rings. The van der Waals surface area contributed by atoms with Gasteiger partial charge in [0.1, 0.15) is 5.75 Å². The third-order valence-electron chi connectivity index (χ3n) is 5.96. The monoisotopic (exact) mass is 422 g/mol. The van der Waals surface area contributed by atoms with Crippen molar-refractivity contribution in [2.45, 2.75) is 69.6 Å². The van der Waals surface area contributed by atoms with Gasteiger partial charge in [-0.05, 0) is 69.5 Å². The molecule has 6 nitrogen and oxygen atoms in total. The van der Waals surface area contributed by atoms with Crippen LogP contribution >= 0.6 is 0 Å². The second-order valence-corrected chi connectivity index (χ2v) is 9.58. The molecule has 7 heteroatoms. The summed E-state index contributed by atoms with van der Waals surface area (Å²) < 4.78 is 38.4. The van der Waals surface area contributed by atoms with Gasteiger partial charge in [0.25, 0.3) is 0 Å². The minimum atomic E-state index is -3.44. The van der Waals surface area contributed by atoms with Gasteiger partial charge in [0.05, 0.1) is 19.3 Å². The van der Waals surface area contributed by atoms with Crippen molar-refractivity contribution in [1.29, 1.82) is 0 Å². The number of benzene rings is 1. The van der Waals surface area contributed by atoms with Crippen molar-refractivity contribution in [1.82, 2.24) is 10.0 Å². The summed E-state index contributed by atoms with van der Waals surface area (Å²) in [5.41, 5.74) is 1.31.